The summed E-state index contributed by atoms with van der Waals surface area (Å²) in [5.74, 6) is -1.23. The first-order valence-corrected chi connectivity index (χ1v) is 5.76. The third kappa shape index (κ3) is 9.35. The molecule has 0 amide bonds. The highest BCUT2D eigenvalue weighted by Gasteiger charge is 1.92. The van der Waals surface area contributed by atoms with Crippen LogP contribution >= 0.6 is 0 Å². The number of esters is 1. The molecule has 1 aromatic carbocycles. The van der Waals surface area contributed by atoms with Crippen molar-refractivity contribution in [2.24, 2.45) is 0 Å². The van der Waals surface area contributed by atoms with Gasteiger partial charge in [0.2, 0.25) is 0 Å². The van der Waals surface area contributed by atoms with Crippen LogP contribution < -0.4 is 0 Å². The van der Waals surface area contributed by atoms with Crippen LogP contribution in [0.1, 0.15) is 19.4 Å². The molecule has 0 aliphatic carbocycles. The van der Waals surface area contributed by atoms with Crippen molar-refractivity contribution < 1.29 is 19.4 Å². The van der Waals surface area contributed by atoms with Crippen molar-refractivity contribution in [3.05, 3.63) is 54.1 Å². The van der Waals surface area contributed by atoms with Crippen molar-refractivity contribution in [3.63, 3.8) is 0 Å². The lowest BCUT2D eigenvalue weighted by Crippen LogP contribution is -1.98. The lowest BCUT2D eigenvalue weighted by Gasteiger charge is -1.94. The van der Waals surface area contributed by atoms with Crippen LogP contribution in [0.25, 0.3) is 6.08 Å². The maximum atomic E-state index is 10.9. The molecule has 1 N–H and O–H groups in total. The Bertz CT molecular complexity index is 434. The molecule has 0 aromatic heterocycles. The maximum absolute atomic E-state index is 10.9. The zero-order chi connectivity index (χ0) is 14.7. The fourth-order valence-electron chi connectivity index (χ4n) is 0.919. The number of rotatable bonds is 4. The second-order valence-electron chi connectivity index (χ2n) is 3.58. The number of carboxylic acids is 1. The highest BCUT2D eigenvalue weighted by atomic mass is 16.5. The van der Waals surface area contributed by atoms with Gasteiger partial charge in [0.1, 0.15) is 0 Å². The number of carbonyl (C=O) groups is 2. The Labute approximate surface area is 113 Å². The highest BCUT2D eigenvalue weighted by molar-refractivity contribution is 5.87. The number of carboxylic acid groups (broad SMARTS) is 1. The Balaban J connectivity index is 0.000000459. The van der Waals surface area contributed by atoms with E-state index in [4.69, 9.17) is 9.84 Å². The topological polar surface area (TPSA) is 63.6 Å². The van der Waals surface area contributed by atoms with Gasteiger partial charge in [-0.2, -0.15) is 0 Å². The van der Waals surface area contributed by atoms with Crippen LogP contribution in [-0.2, 0) is 14.3 Å². The minimum Gasteiger partial charge on any atom is -0.478 e. The molecule has 0 saturated carbocycles. The van der Waals surface area contributed by atoms with Crippen molar-refractivity contribution in [2.45, 2.75) is 13.8 Å². The molecular formula is C15H18O4. The Morgan fingerprint density at radius 2 is 1.84 bits per heavy atom. The smallest absolute Gasteiger partial charge is 0.330 e. The van der Waals surface area contributed by atoms with Crippen molar-refractivity contribution in [3.8, 4) is 0 Å². The fraction of sp³-hybridized carbons (Fsp3) is 0.200. The zero-order valence-electron chi connectivity index (χ0n) is 11.1. The van der Waals surface area contributed by atoms with Gasteiger partial charge >= 0.3 is 11.9 Å². The third-order valence-corrected chi connectivity index (χ3v) is 1.86. The second-order valence-corrected chi connectivity index (χ2v) is 3.58. The fourth-order valence-corrected chi connectivity index (χ4v) is 0.919. The van der Waals surface area contributed by atoms with Crippen LogP contribution in [0.5, 0.6) is 0 Å². The van der Waals surface area contributed by atoms with E-state index in [1.165, 1.54) is 13.0 Å². The van der Waals surface area contributed by atoms with Crippen LogP contribution in [0.15, 0.2) is 48.6 Å². The molecular weight excluding hydrogens is 244 g/mol. The standard InChI is InChI=1S/C11H12O2.C4H6O2/c1-2-13-11(12)9-8-10-6-4-3-5-7-10;1-3(2)4(5)6/h3-9H,2H2,1H3;1H2,2H3,(H,5,6). The predicted molar refractivity (Wildman–Crippen MR) is 74.6 cm³/mol. The maximum Gasteiger partial charge on any atom is 0.330 e. The molecule has 0 aliphatic rings. The first kappa shape index (κ1) is 16.6. The summed E-state index contributed by atoms with van der Waals surface area (Å²) in [5, 5.41) is 7.89. The molecule has 0 bridgehead atoms. The van der Waals surface area contributed by atoms with E-state index in [9.17, 15) is 9.59 Å². The normalized spacial score (nSPS) is 9.37. The van der Waals surface area contributed by atoms with Crippen LogP contribution in [0.2, 0.25) is 0 Å². The van der Waals surface area contributed by atoms with E-state index in [1.54, 1.807) is 13.0 Å². The summed E-state index contributed by atoms with van der Waals surface area (Å²) in [5.41, 5.74) is 1.17. The van der Waals surface area contributed by atoms with Gasteiger partial charge in [0.25, 0.3) is 0 Å². The van der Waals surface area contributed by atoms with E-state index in [0.717, 1.165) is 5.56 Å². The highest BCUT2D eigenvalue weighted by Crippen LogP contribution is 2.00. The number of benzene rings is 1. The number of ether oxygens (including phenoxy) is 1. The second kappa shape index (κ2) is 9.65. The molecule has 0 unspecified atom stereocenters. The first-order chi connectivity index (χ1) is 8.97. The van der Waals surface area contributed by atoms with Crippen molar-refractivity contribution in [1.82, 2.24) is 0 Å². The number of hydrogen-bond acceptors (Lipinski definition) is 3. The minimum atomic E-state index is -0.935. The third-order valence-electron chi connectivity index (χ3n) is 1.86. The summed E-state index contributed by atoms with van der Waals surface area (Å²) in [4.78, 5) is 20.5. The largest absolute Gasteiger partial charge is 0.478 e. The molecule has 0 aliphatic heterocycles. The Hall–Kier alpha value is -2.36. The quantitative estimate of drug-likeness (QED) is 0.669. The molecule has 1 rings (SSSR count). The van der Waals surface area contributed by atoms with Crippen molar-refractivity contribution in [2.75, 3.05) is 6.61 Å². The average Bonchev–Trinajstić information content (AvgIpc) is 2.38. The molecule has 0 atom stereocenters. The van der Waals surface area contributed by atoms with Gasteiger partial charge in [0.05, 0.1) is 6.61 Å². The van der Waals surface area contributed by atoms with Gasteiger partial charge in [-0.1, -0.05) is 36.9 Å². The Kier molecular flexibility index (Phi) is 8.45. The van der Waals surface area contributed by atoms with E-state index in [1.807, 2.05) is 30.3 Å². The van der Waals surface area contributed by atoms with E-state index in [-0.39, 0.29) is 11.5 Å². The lowest BCUT2D eigenvalue weighted by atomic mass is 10.2. The van der Waals surface area contributed by atoms with Crippen molar-refractivity contribution in [1.29, 1.82) is 0 Å². The van der Waals surface area contributed by atoms with E-state index in [2.05, 4.69) is 6.58 Å². The summed E-state index contributed by atoms with van der Waals surface area (Å²) in [7, 11) is 0. The number of aliphatic carboxylic acids is 1. The molecule has 0 radical (unpaired) electrons. The predicted octanol–water partition coefficient (Wildman–Crippen LogP) is 2.91. The van der Waals surface area contributed by atoms with Gasteiger partial charge < -0.3 is 9.84 Å². The summed E-state index contributed by atoms with van der Waals surface area (Å²) in [6.45, 7) is 6.80. The molecule has 4 nitrogen and oxygen atoms in total. The van der Waals surface area contributed by atoms with Gasteiger partial charge in [-0.15, -0.1) is 0 Å². The number of carbonyl (C=O) groups excluding carboxylic acids is 1. The minimum absolute atomic E-state index is 0.176. The summed E-state index contributed by atoms with van der Waals surface area (Å²) in [6.07, 6.45) is 3.16. The first-order valence-electron chi connectivity index (χ1n) is 5.76. The Morgan fingerprint density at radius 3 is 2.26 bits per heavy atom. The summed E-state index contributed by atoms with van der Waals surface area (Å²) < 4.78 is 4.74. The van der Waals surface area contributed by atoms with Gasteiger partial charge in [-0.05, 0) is 25.5 Å². The van der Waals surface area contributed by atoms with E-state index in [0.29, 0.717) is 6.61 Å². The molecule has 0 heterocycles. The molecule has 0 saturated heterocycles. The van der Waals surface area contributed by atoms with Gasteiger partial charge in [-0.3, -0.25) is 0 Å². The van der Waals surface area contributed by atoms with E-state index >= 15 is 0 Å². The molecule has 1 aromatic rings. The molecule has 0 spiro atoms. The number of hydrogen-bond donors (Lipinski definition) is 1. The summed E-state index contributed by atoms with van der Waals surface area (Å²) in [6, 6.07) is 9.63. The molecule has 102 valence electrons. The zero-order valence-corrected chi connectivity index (χ0v) is 11.1. The lowest BCUT2D eigenvalue weighted by molar-refractivity contribution is -0.137. The SMILES string of the molecule is C=C(C)C(=O)O.CCOC(=O)C=Cc1ccccc1. The van der Waals surface area contributed by atoms with Gasteiger partial charge in [0, 0.05) is 11.6 Å². The van der Waals surface area contributed by atoms with Crippen LogP contribution in [0, 0.1) is 0 Å². The molecule has 0 fully saturated rings. The van der Waals surface area contributed by atoms with Gasteiger partial charge in [0.15, 0.2) is 0 Å². The van der Waals surface area contributed by atoms with Crippen LogP contribution in [-0.4, -0.2) is 23.7 Å². The van der Waals surface area contributed by atoms with Crippen molar-refractivity contribution >= 4 is 18.0 Å². The Morgan fingerprint density at radius 1 is 1.32 bits per heavy atom. The molecule has 19 heavy (non-hydrogen) atoms. The summed E-state index contributed by atoms with van der Waals surface area (Å²) >= 11 is 0. The van der Waals surface area contributed by atoms with Gasteiger partial charge in [-0.25, -0.2) is 9.59 Å². The van der Waals surface area contributed by atoms with Crippen LogP contribution in [0.4, 0.5) is 0 Å². The molecule has 4 heteroatoms. The average molecular weight is 262 g/mol. The monoisotopic (exact) mass is 262 g/mol. The van der Waals surface area contributed by atoms with E-state index < -0.39 is 5.97 Å². The van der Waals surface area contributed by atoms with Crippen LogP contribution in [0.3, 0.4) is 0 Å².